The first-order valence-electron chi connectivity index (χ1n) is 16.7. The summed E-state index contributed by atoms with van der Waals surface area (Å²) in [6.07, 6.45) is 8.90. The van der Waals surface area contributed by atoms with Crippen LogP contribution in [-0.4, -0.2) is 70.1 Å². The maximum atomic E-state index is 13.8. The molecule has 1 unspecified atom stereocenters. The molecular formula is C39H42N2O8. The normalized spacial score (nSPS) is 29.9. The molecule has 2 fully saturated rings. The van der Waals surface area contributed by atoms with Gasteiger partial charge in [-0.15, -0.1) is 0 Å². The molecule has 1 aliphatic heterocycles. The highest BCUT2D eigenvalue weighted by Gasteiger charge is 2.61. The lowest BCUT2D eigenvalue weighted by Crippen LogP contribution is -2.50. The topological polar surface area (TPSA) is 137 Å². The summed E-state index contributed by atoms with van der Waals surface area (Å²) in [4.78, 5) is 49.3. The number of nitrogens with zero attached hydrogens (tertiary/aromatic N) is 2. The second-order valence-corrected chi connectivity index (χ2v) is 13.5. The smallest absolute Gasteiger partial charge is 0.340 e. The van der Waals surface area contributed by atoms with E-state index < -0.39 is 47.0 Å². The van der Waals surface area contributed by atoms with E-state index in [1.165, 1.54) is 12.4 Å². The first-order chi connectivity index (χ1) is 23.6. The lowest BCUT2D eigenvalue weighted by Gasteiger charge is -2.43. The molecule has 0 amide bonds. The summed E-state index contributed by atoms with van der Waals surface area (Å²) < 4.78 is 25.3. The minimum absolute atomic E-state index is 0.0667. The van der Waals surface area contributed by atoms with Crippen LogP contribution in [0.3, 0.4) is 0 Å². The molecule has 3 aliphatic rings. The van der Waals surface area contributed by atoms with Crippen LogP contribution in [0.5, 0.6) is 0 Å². The van der Waals surface area contributed by atoms with Crippen LogP contribution in [0.4, 0.5) is 0 Å². The molecule has 10 heteroatoms. The number of allylic oxidation sites excluding steroid dienone is 1. The monoisotopic (exact) mass is 666 g/mol. The van der Waals surface area contributed by atoms with Crippen molar-refractivity contribution in [3.05, 3.63) is 119 Å². The number of aliphatic hydroxyl groups excluding tert-OH is 1. The van der Waals surface area contributed by atoms with Gasteiger partial charge in [-0.1, -0.05) is 29.3 Å². The van der Waals surface area contributed by atoms with Crippen LogP contribution in [0.25, 0.3) is 0 Å². The van der Waals surface area contributed by atoms with E-state index in [2.05, 4.69) is 9.97 Å². The number of carbonyl (C=O) groups excluding carboxylic acids is 3. The Morgan fingerprint density at radius 2 is 1.55 bits per heavy atom. The summed E-state index contributed by atoms with van der Waals surface area (Å²) in [5.41, 5.74) is 1.83. The SMILES string of the molecule is C/C1=C\[C@H](OC(=O)c2cccnc2)[C@@]2(COC(=O)c3ccccc3)CC/C(=C(/C)CO)[C@@H]2C(OC(=O)c2cccnc2)C[C@]2(C)O[C@@H]2CC1. The van der Waals surface area contributed by atoms with Crippen LogP contribution in [0, 0.1) is 11.3 Å². The van der Waals surface area contributed by atoms with Crippen LogP contribution in [-0.2, 0) is 18.9 Å². The van der Waals surface area contributed by atoms with Crippen LogP contribution >= 0.6 is 0 Å². The number of ether oxygens (including phenoxy) is 4. The number of carbonyl (C=O) groups is 3. The summed E-state index contributed by atoms with van der Waals surface area (Å²) in [5, 5.41) is 10.5. The van der Waals surface area contributed by atoms with E-state index in [1.54, 1.807) is 60.9 Å². The van der Waals surface area contributed by atoms with Crippen molar-refractivity contribution in [3.63, 3.8) is 0 Å². The number of esters is 3. The third-order valence-electron chi connectivity index (χ3n) is 10.2. The van der Waals surface area contributed by atoms with E-state index in [4.69, 9.17) is 18.9 Å². The number of epoxide rings is 1. The van der Waals surface area contributed by atoms with Gasteiger partial charge < -0.3 is 24.1 Å². The molecule has 2 aliphatic carbocycles. The van der Waals surface area contributed by atoms with Gasteiger partial charge in [0, 0.05) is 37.1 Å². The number of fused-ring (bicyclic) bond motifs is 2. The molecule has 1 N–H and O–H groups in total. The average Bonchev–Trinajstić information content (AvgIpc) is 3.60. The molecule has 49 heavy (non-hydrogen) atoms. The number of aliphatic hydroxyl groups is 1. The number of hydrogen-bond acceptors (Lipinski definition) is 10. The largest absolute Gasteiger partial charge is 0.461 e. The molecular weight excluding hydrogens is 624 g/mol. The fourth-order valence-corrected chi connectivity index (χ4v) is 7.46. The molecule has 6 rings (SSSR count). The first kappa shape index (κ1) is 34.2. The van der Waals surface area contributed by atoms with Crippen molar-refractivity contribution >= 4 is 17.9 Å². The van der Waals surface area contributed by atoms with E-state index >= 15 is 0 Å². The second-order valence-electron chi connectivity index (χ2n) is 13.5. The minimum Gasteiger partial charge on any atom is -0.461 e. The third-order valence-corrected chi connectivity index (χ3v) is 10.2. The van der Waals surface area contributed by atoms with Gasteiger partial charge in [0.05, 0.1) is 40.4 Å². The molecule has 10 nitrogen and oxygen atoms in total. The molecule has 0 bridgehead atoms. The Labute approximate surface area is 286 Å². The van der Waals surface area contributed by atoms with Gasteiger partial charge >= 0.3 is 17.9 Å². The lowest BCUT2D eigenvalue weighted by molar-refractivity contribution is -0.0797. The van der Waals surface area contributed by atoms with Crippen LogP contribution in [0.1, 0.15) is 83.9 Å². The number of pyridine rings is 2. The van der Waals surface area contributed by atoms with Crippen LogP contribution in [0.2, 0.25) is 0 Å². The second kappa shape index (κ2) is 14.4. The zero-order valence-electron chi connectivity index (χ0n) is 28.0. The summed E-state index contributed by atoms with van der Waals surface area (Å²) in [7, 11) is 0. The number of benzene rings is 1. The van der Waals surface area contributed by atoms with Crippen LogP contribution < -0.4 is 0 Å². The Kier molecular flexibility index (Phi) is 10.1. The minimum atomic E-state index is -1.10. The Hall–Kier alpha value is -4.67. The quantitative estimate of drug-likeness (QED) is 0.130. The zero-order chi connectivity index (χ0) is 34.6. The molecule has 0 spiro atoms. The van der Waals surface area contributed by atoms with Gasteiger partial charge in [-0.25, -0.2) is 14.4 Å². The Morgan fingerprint density at radius 3 is 2.18 bits per heavy atom. The highest BCUT2D eigenvalue weighted by Crippen LogP contribution is 2.57. The van der Waals surface area contributed by atoms with Crippen LogP contribution in [0.15, 0.2) is 102 Å². The van der Waals surface area contributed by atoms with Crippen molar-refractivity contribution in [2.45, 2.75) is 76.8 Å². The van der Waals surface area contributed by atoms with Crippen molar-refractivity contribution < 1.29 is 38.4 Å². The lowest BCUT2D eigenvalue weighted by atomic mass is 9.68. The standard InChI is InChI=1S/C39H42N2O8/c1-25-13-14-32-38(3,49-32)20-31(47-36(44)28-11-7-17-40-21-28)34-30(26(2)23-42)15-16-39(34,24-46-35(43)27-9-5-4-6-10-27)33(19-25)48-37(45)29-12-8-18-41-22-29/h4-12,17-19,21-22,31-34,42H,13-16,20,23-24H2,1-3H3/b25-19+,30-26+/t31?,32-,33+,34-,38+,39+/m1/s1. The van der Waals surface area contributed by atoms with Gasteiger partial charge in [0.25, 0.3) is 0 Å². The number of rotatable bonds is 8. The van der Waals surface area contributed by atoms with Crippen molar-refractivity contribution in [2.75, 3.05) is 13.2 Å². The maximum Gasteiger partial charge on any atom is 0.340 e. The Balaban J connectivity index is 1.51. The molecule has 256 valence electrons. The van der Waals surface area contributed by atoms with Gasteiger partial charge in [-0.05, 0) is 94.5 Å². The van der Waals surface area contributed by atoms with Crippen molar-refractivity contribution in [1.82, 2.24) is 9.97 Å². The van der Waals surface area contributed by atoms with Gasteiger partial charge in [0.15, 0.2) is 0 Å². The predicted octanol–water partition coefficient (Wildman–Crippen LogP) is 6.08. The predicted molar refractivity (Wildman–Crippen MR) is 179 cm³/mol. The molecule has 0 radical (unpaired) electrons. The Morgan fingerprint density at radius 1 is 0.898 bits per heavy atom. The molecule has 6 atom stereocenters. The van der Waals surface area contributed by atoms with Crippen molar-refractivity contribution in [1.29, 1.82) is 0 Å². The molecule has 1 aromatic carbocycles. The van der Waals surface area contributed by atoms with Gasteiger partial charge in [0.2, 0.25) is 0 Å². The third kappa shape index (κ3) is 7.35. The molecule has 3 aromatic rings. The zero-order valence-corrected chi connectivity index (χ0v) is 28.0. The summed E-state index contributed by atoms with van der Waals surface area (Å²) in [5.74, 6) is -2.30. The molecule has 3 heterocycles. The van der Waals surface area contributed by atoms with E-state index in [0.29, 0.717) is 31.2 Å². The van der Waals surface area contributed by atoms with Crippen molar-refractivity contribution in [2.24, 2.45) is 11.3 Å². The summed E-state index contributed by atoms with van der Waals surface area (Å²) in [6, 6.07) is 15.3. The Bertz CT molecular complexity index is 1730. The highest BCUT2D eigenvalue weighted by atomic mass is 16.6. The van der Waals surface area contributed by atoms with Crippen molar-refractivity contribution in [3.8, 4) is 0 Å². The summed E-state index contributed by atoms with van der Waals surface area (Å²) >= 11 is 0. The average molecular weight is 667 g/mol. The molecule has 2 aromatic heterocycles. The van der Waals surface area contributed by atoms with Gasteiger partial charge in [0.1, 0.15) is 18.8 Å². The fraction of sp³-hybridized carbons (Fsp3) is 0.410. The summed E-state index contributed by atoms with van der Waals surface area (Å²) in [6.45, 7) is 5.49. The first-order valence-corrected chi connectivity index (χ1v) is 16.7. The highest BCUT2D eigenvalue weighted by molar-refractivity contribution is 5.90. The fourth-order valence-electron chi connectivity index (χ4n) is 7.46. The van der Waals surface area contributed by atoms with E-state index in [0.717, 1.165) is 23.1 Å². The maximum absolute atomic E-state index is 13.8. The molecule has 1 saturated heterocycles. The van der Waals surface area contributed by atoms with Gasteiger partial charge in [-0.3, -0.25) is 9.97 Å². The van der Waals surface area contributed by atoms with E-state index in [-0.39, 0.29) is 30.4 Å². The van der Waals surface area contributed by atoms with E-state index in [9.17, 15) is 19.5 Å². The molecule has 1 saturated carbocycles. The van der Waals surface area contributed by atoms with E-state index in [1.807, 2.05) is 32.9 Å². The number of hydrogen-bond donors (Lipinski definition) is 1. The number of aromatic nitrogens is 2. The van der Waals surface area contributed by atoms with Gasteiger partial charge in [-0.2, -0.15) is 0 Å².